The first-order valence-electron chi connectivity index (χ1n) is 13.3. The Hall–Kier alpha value is -3.85. The Balaban J connectivity index is 1.45. The van der Waals surface area contributed by atoms with Crippen molar-refractivity contribution in [1.29, 1.82) is 0 Å². The molecule has 1 aromatic heterocycles. The molecule has 3 atom stereocenters. The smallest absolute Gasteiger partial charge is 0.323 e. The van der Waals surface area contributed by atoms with Crippen LogP contribution in [0.25, 0.3) is 0 Å². The second-order valence-corrected chi connectivity index (χ2v) is 13.4. The normalized spacial score (nSPS) is 19.0. The minimum atomic E-state index is -3.78. The lowest BCUT2D eigenvalue weighted by molar-refractivity contribution is 0.0389. The maximum absolute atomic E-state index is 13.7. The first-order valence-corrected chi connectivity index (χ1v) is 15.6. The van der Waals surface area contributed by atoms with Gasteiger partial charge in [0, 0.05) is 31.3 Å². The summed E-state index contributed by atoms with van der Waals surface area (Å²) in [6.45, 7) is 3.63. The van der Waals surface area contributed by atoms with Gasteiger partial charge in [0.25, 0.3) is 15.9 Å². The van der Waals surface area contributed by atoms with Crippen molar-refractivity contribution in [1.82, 2.24) is 9.21 Å². The molecule has 3 heterocycles. The topological polar surface area (TPSA) is 147 Å². The number of hydrogen-bond donors (Lipinski definition) is 3. The van der Waals surface area contributed by atoms with Crippen molar-refractivity contribution in [2.45, 2.75) is 30.2 Å². The number of anilines is 2. The molecule has 2 aliphatic rings. The van der Waals surface area contributed by atoms with E-state index >= 15 is 0 Å². The molecule has 224 valence electrons. The number of aliphatic hydroxyl groups is 1. The van der Waals surface area contributed by atoms with Gasteiger partial charge in [-0.2, -0.15) is 4.31 Å². The lowest BCUT2D eigenvalue weighted by Gasteiger charge is -2.38. The molecule has 0 unspecified atom stereocenters. The van der Waals surface area contributed by atoms with Crippen molar-refractivity contribution < 1.29 is 37.3 Å². The summed E-state index contributed by atoms with van der Waals surface area (Å²) in [7, 11) is -2.30. The molecular weight excluding hydrogens is 584 g/mol. The molecule has 0 saturated heterocycles. The number of hydrogen-bond acceptors (Lipinski definition) is 9. The summed E-state index contributed by atoms with van der Waals surface area (Å²) in [6, 6.07) is 11.9. The summed E-state index contributed by atoms with van der Waals surface area (Å²) in [5, 5.41) is 17.1. The highest BCUT2D eigenvalue weighted by atomic mass is 32.2. The fourth-order valence-corrected chi connectivity index (χ4v) is 7.12. The second kappa shape index (κ2) is 12.2. The molecule has 14 heteroatoms. The molecule has 2 aliphatic heterocycles. The zero-order valence-corrected chi connectivity index (χ0v) is 24.9. The number of amides is 3. The van der Waals surface area contributed by atoms with E-state index in [9.17, 15) is 23.1 Å². The Morgan fingerprint density at radius 3 is 2.69 bits per heavy atom. The second-order valence-electron chi connectivity index (χ2n) is 10.2. The zero-order chi connectivity index (χ0) is 30.0. The van der Waals surface area contributed by atoms with E-state index in [4.69, 9.17) is 14.2 Å². The Kier molecular flexibility index (Phi) is 8.59. The number of fused-ring (bicyclic) bond motifs is 2. The van der Waals surface area contributed by atoms with Crippen molar-refractivity contribution in [3.05, 3.63) is 59.5 Å². The molecule has 0 bridgehead atoms. The summed E-state index contributed by atoms with van der Waals surface area (Å²) in [5.74, 6) is 0.467. The number of urea groups is 1. The average molecular weight is 617 g/mol. The number of ether oxygens (including phenoxy) is 3. The van der Waals surface area contributed by atoms with Crippen LogP contribution in [-0.4, -0.2) is 80.4 Å². The van der Waals surface area contributed by atoms with E-state index < -0.39 is 28.2 Å². The molecule has 42 heavy (non-hydrogen) atoms. The molecule has 3 amide bonds. The van der Waals surface area contributed by atoms with Crippen LogP contribution in [0.5, 0.6) is 17.2 Å². The molecule has 0 spiro atoms. The molecule has 0 fully saturated rings. The van der Waals surface area contributed by atoms with Gasteiger partial charge in [-0.3, -0.25) is 4.79 Å². The number of benzene rings is 2. The predicted octanol–water partition coefficient (Wildman–Crippen LogP) is 3.66. The molecule has 0 saturated carbocycles. The quantitative estimate of drug-likeness (QED) is 0.348. The van der Waals surface area contributed by atoms with Crippen molar-refractivity contribution in [3.63, 3.8) is 0 Å². The van der Waals surface area contributed by atoms with Gasteiger partial charge in [0.1, 0.15) is 10.3 Å². The summed E-state index contributed by atoms with van der Waals surface area (Å²) in [6.07, 6.45) is -0.704. The van der Waals surface area contributed by atoms with E-state index in [0.717, 1.165) is 11.3 Å². The molecule has 3 aromatic rings. The molecule has 3 N–H and O–H groups in total. The van der Waals surface area contributed by atoms with E-state index in [0.29, 0.717) is 17.2 Å². The standard InChI is InChI=1S/C28H32N4O8S2/c1-17-13-32(18(2)15-33)27(34)20-6-4-7-21(30-28(35)29-19-9-10-22-23(12-19)39-16-38-22)26(20)40-24(17)14-31(3)42(36,37)25-8-5-11-41-25/h4-12,17-18,24,33H,13-16H2,1-3H3,(H2,29,30,35)/t17-,18-,24-/m0/s1. The third kappa shape index (κ3) is 6.02. The largest absolute Gasteiger partial charge is 0.486 e. The fraction of sp³-hybridized carbons (Fsp3) is 0.357. The maximum atomic E-state index is 13.7. The number of carbonyl (C=O) groups is 2. The van der Waals surface area contributed by atoms with Gasteiger partial charge < -0.3 is 34.9 Å². The predicted molar refractivity (Wildman–Crippen MR) is 157 cm³/mol. The van der Waals surface area contributed by atoms with Gasteiger partial charge in [-0.25, -0.2) is 13.2 Å². The first-order chi connectivity index (χ1) is 20.1. The molecule has 0 radical (unpaired) electrons. The molecular formula is C28H32N4O8S2. The third-order valence-electron chi connectivity index (χ3n) is 7.17. The van der Waals surface area contributed by atoms with E-state index in [1.807, 2.05) is 6.92 Å². The van der Waals surface area contributed by atoms with Crippen LogP contribution in [0.3, 0.4) is 0 Å². The lowest BCUT2D eigenvalue weighted by Crippen LogP contribution is -2.50. The fourth-order valence-electron chi connectivity index (χ4n) is 4.73. The Morgan fingerprint density at radius 2 is 1.95 bits per heavy atom. The molecule has 12 nitrogen and oxygen atoms in total. The number of sulfonamides is 1. The van der Waals surface area contributed by atoms with Crippen LogP contribution in [0.4, 0.5) is 16.2 Å². The maximum Gasteiger partial charge on any atom is 0.323 e. The third-order valence-corrected chi connectivity index (χ3v) is 10.4. The zero-order valence-electron chi connectivity index (χ0n) is 23.3. The first kappa shape index (κ1) is 29.6. The van der Waals surface area contributed by atoms with Crippen molar-refractivity contribution in [2.75, 3.05) is 44.2 Å². The van der Waals surface area contributed by atoms with Crippen LogP contribution < -0.4 is 24.8 Å². The van der Waals surface area contributed by atoms with Crippen molar-refractivity contribution in [2.24, 2.45) is 5.92 Å². The highest BCUT2D eigenvalue weighted by Crippen LogP contribution is 2.37. The summed E-state index contributed by atoms with van der Waals surface area (Å²) < 4.78 is 44.9. The van der Waals surface area contributed by atoms with Crippen molar-refractivity contribution in [3.8, 4) is 17.2 Å². The van der Waals surface area contributed by atoms with Crippen LogP contribution in [0.15, 0.2) is 58.1 Å². The molecule has 2 aromatic carbocycles. The van der Waals surface area contributed by atoms with E-state index in [1.165, 1.54) is 11.4 Å². The van der Waals surface area contributed by atoms with Crippen LogP contribution in [-0.2, 0) is 10.0 Å². The number of para-hydroxylation sites is 1. The minimum Gasteiger partial charge on any atom is -0.486 e. The van der Waals surface area contributed by atoms with Gasteiger partial charge >= 0.3 is 6.03 Å². The number of nitrogens with one attached hydrogen (secondary N) is 2. The molecule has 0 aliphatic carbocycles. The van der Waals surface area contributed by atoms with Crippen LogP contribution in [0, 0.1) is 5.92 Å². The van der Waals surface area contributed by atoms with E-state index in [1.54, 1.807) is 65.7 Å². The van der Waals surface area contributed by atoms with Gasteiger partial charge in [-0.1, -0.05) is 19.1 Å². The summed E-state index contributed by atoms with van der Waals surface area (Å²) >= 11 is 1.12. The number of aliphatic hydroxyl groups excluding tert-OH is 1. The average Bonchev–Trinajstić information content (AvgIpc) is 3.67. The summed E-state index contributed by atoms with van der Waals surface area (Å²) in [5.41, 5.74) is 0.859. The summed E-state index contributed by atoms with van der Waals surface area (Å²) in [4.78, 5) is 28.3. The van der Waals surface area contributed by atoms with Crippen molar-refractivity contribution >= 4 is 44.7 Å². The lowest BCUT2D eigenvalue weighted by atomic mass is 9.99. The van der Waals surface area contributed by atoms with Gasteiger partial charge in [0.2, 0.25) is 6.79 Å². The highest BCUT2D eigenvalue weighted by Gasteiger charge is 2.36. The van der Waals surface area contributed by atoms with Gasteiger partial charge in [0.05, 0.1) is 30.4 Å². The Bertz CT molecular complexity index is 1560. The Labute approximate surface area is 247 Å². The van der Waals surface area contributed by atoms with E-state index in [2.05, 4.69) is 10.6 Å². The van der Waals surface area contributed by atoms with Gasteiger partial charge in [-0.15, -0.1) is 11.3 Å². The minimum absolute atomic E-state index is 0.0197. The van der Waals surface area contributed by atoms with Gasteiger partial charge in [-0.05, 0) is 42.6 Å². The number of likely N-dealkylation sites (N-methyl/N-ethyl adjacent to an activating group) is 1. The highest BCUT2D eigenvalue weighted by molar-refractivity contribution is 7.91. The Morgan fingerprint density at radius 1 is 1.17 bits per heavy atom. The van der Waals surface area contributed by atoms with Crippen LogP contribution >= 0.6 is 11.3 Å². The molecule has 5 rings (SSSR count). The van der Waals surface area contributed by atoms with E-state index in [-0.39, 0.29) is 59.5 Å². The number of carbonyl (C=O) groups excluding carboxylic acids is 2. The monoisotopic (exact) mass is 616 g/mol. The number of nitrogens with zero attached hydrogens (tertiary/aromatic N) is 2. The number of rotatable bonds is 8. The van der Waals surface area contributed by atoms with Crippen LogP contribution in [0.2, 0.25) is 0 Å². The number of thiophene rings is 1. The van der Waals surface area contributed by atoms with Crippen LogP contribution in [0.1, 0.15) is 24.2 Å². The SMILES string of the molecule is C[C@H]1CN([C@@H](C)CO)C(=O)c2cccc(NC(=O)Nc3ccc4c(c3)OCO4)c2O[C@H]1CN(C)S(=O)(=O)c1cccs1. The van der Waals surface area contributed by atoms with Gasteiger partial charge in [0.15, 0.2) is 17.2 Å².